The van der Waals surface area contributed by atoms with Crippen LogP contribution in [0, 0.1) is 13.8 Å². The molecule has 0 unspecified atom stereocenters. The Morgan fingerprint density at radius 1 is 0.886 bits per heavy atom. The third kappa shape index (κ3) is 6.98. The summed E-state index contributed by atoms with van der Waals surface area (Å²) in [5.41, 5.74) is 6.57. The second kappa shape index (κ2) is 12.4. The van der Waals surface area contributed by atoms with Crippen LogP contribution in [0.1, 0.15) is 39.8 Å². The van der Waals surface area contributed by atoms with Crippen molar-refractivity contribution >= 4 is 11.6 Å². The molecule has 1 heterocycles. The maximum atomic E-state index is 8.91. The molecule has 0 radical (unpaired) electrons. The molecule has 0 atom stereocenters. The van der Waals surface area contributed by atoms with Gasteiger partial charge < -0.3 is 19.9 Å². The first kappa shape index (κ1) is 25.5. The number of benzene rings is 3. The molecule has 0 saturated carbocycles. The van der Waals surface area contributed by atoms with E-state index < -0.39 is 0 Å². The average Bonchev–Trinajstić information content (AvgIpc) is 2.82. The molecule has 4 rings (SSSR count). The Labute approximate surface area is 213 Å². The van der Waals surface area contributed by atoms with Gasteiger partial charge in [-0.25, -0.2) is 0 Å². The van der Waals surface area contributed by atoms with Gasteiger partial charge >= 0.3 is 0 Å². The number of aryl methyl sites for hydroxylation is 2. The van der Waals surface area contributed by atoms with Gasteiger partial charge in [-0.1, -0.05) is 54.1 Å². The zero-order valence-corrected chi connectivity index (χ0v) is 21.4. The number of aliphatic hydroxyl groups excluding tert-OH is 1. The summed E-state index contributed by atoms with van der Waals surface area (Å²) < 4.78 is 12.2. The largest absolute Gasteiger partial charge is 0.489 e. The highest BCUT2D eigenvalue weighted by Crippen LogP contribution is 2.27. The molecule has 3 aromatic carbocycles. The van der Waals surface area contributed by atoms with E-state index in [0.29, 0.717) is 24.8 Å². The predicted molar refractivity (Wildman–Crippen MR) is 141 cm³/mol. The maximum absolute atomic E-state index is 8.91. The highest BCUT2D eigenvalue weighted by molar-refractivity contribution is 6.32. The number of rotatable bonds is 12. The number of ether oxygens (including phenoxy) is 2. The van der Waals surface area contributed by atoms with Gasteiger partial charge in [-0.15, -0.1) is 0 Å². The van der Waals surface area contributed by atoms with E-state index in [-0.39, 0.29) is 6.61 Å². The Morgan fingerprint density at radius 3 is 2.03 bits per heavy atom. The van der Waals surface area contributed by atoms with Crippen LogP contribution in [0.3, 0.4) is 0 Å². The third-order valence-electron chi connectivity index (χ3n) is 6.38. The number of aliphatic hydroxyl groups is 1. The summed E-state index contributed by atoms with van der Waals surface area (Å²) >= 11 is 6.73. The van der Waals surface area contributed by atoms with Crippen LogP contribution in [0.2, 0.25) is 5.02 Å². The third-order valence-corrected chi connectivity index (χ3v) is 6.86. The van der Waals surface area contributed by atoms with Gasteiger partial charge in [0, 0.05) is 30.8 Å². The van der Waals surface area contributed by atoms with Crippen LogP contribution in [0.5, 0.6) is 11.5 Å². The second-order valence-corrected chi connectivity index (χ2v) is 9.58. The molecule has 0 spiro atoms. The van der Waals surface area contributed by atoms with Crippen molar-refractivity contribution in [2.75, 3.05) is 26.2 Å². The highest BCUT2D eigenvalue weighted by Gasteiger charge is 2.14. The van der Waals surface area contributed by atoms with Crippen LogP contribution >= 0.6 is 11.6 Å². The molecular weight excluding hydrogens is 460 g/mol. The molecule has 1 fully saturated rings. The topological polar surface area (TPSA) is 54.0 Å². The van der Waals surface area contributed by atoms with Gasteiger partial charge in [-0.2, -0.15) is 0 Å². The lowest BCUT2D eigenvalue weighted by atomic mass is 10.1. The quantitative estimate of drug-likeness (QED) is 0.330. The zero-order valence-electron chi connectivity index (χ0n) is 20.6. The molecule has 1 aliphatic heterocycles. The first-order valence-corrected chi connectivity index (χ1v) is 12.7. The van der Waals surface area contributed by atoms with Crippen LogP contribution in [0.15, 0.2) is 54.6 Å². The summed E-state index contributed by atoms with van der Waals surface area (Å²) in [6.45, 7) is 9.77. The molecule has 0 aromatic heterocycles. The van der Waals surface area contributed by atoms with E-state index in [0.717, 1.165) is 52.4 Å². The summed E-state index contributed by atoms with van der Waals surface area (Å²) in [4.78, 5) is 2.45. The van der Waals surface area contributed by atoms with Crippen molar-refractivity contribution < 1.29 is 14.6 Å². The van der Waals surface area contributed by atoms with E-state index in [1.807, 2.05) is 37.3 Å². The molecular formula is C29H35ClN2O3. The minimum Gasteiger partial charge on any atom is -0.489 e. The van der Waals surface area contributed by atoms with Crippen molar-refractivity contribution in [2.45, 2.75) is 46.6 Å². The second-order valence-electron chi connectivity index (χ2n) is 9.20. The predicted octanol–water partition coefficient (Wildman–Crippen LogP) is 5.40. The Bertz CT molecular complexity index is 1130. The Morgan fingerprint density at radius 2 is 1.49 bits per heavy atom. The molecule has 5 nitrogen and oxygen atoms in total. The molecule has 1 saturated heterocycles. The van der Waals surface area contributed by atoms with Gasteiger partial charge in [0.15, 0.2) is 0 Å². The fraction of sp³-hybridized carbons (Fsp3) is 0.379. The van der Waals surface area contributed by atoms with E-state index in [9.17, 15) is 0 Å². The summed E-state index contributed by atoms with van der Waals surface area (Å²) in [7, 11) is 0. The number of nitrogens with zero attached hydrogens (tertiary/aromatic N) is 1. The Kier molecular flexibility index (Phi) is 9.05. The first-order chi connectivity index (χ1) is 17.0. The first-order valence-electron chi connectivity index (χ1n) is 12.3. The monoisotopic (exact) mass is 494 g/mol. The van der Waals surface area contributed by atoms with E-state index in [4.69, 9.17) is 26.2 Å². The minimum atomic E-state index is 0.135. The van der Waals surface area contributed by atoms with Crippen LogP contribution in [0.25, 0.3) is 0 Å². The highest BCUT2D eigenvalue weighted by atomic mass is 35.5. The molecule has 35 heavy (non-hydrogen) atoms. The molecule has 3 aromatic rings. The summed E-state index contributed by atoms with van der Waals surface area (Å²) in [6.07, 6.45) is 1.31. The lowest BCUT2D eigenvalue weighted by molar-refractivity contribution is 0.172. The number of hydrogen-bond donors (Lipinski definition) is 2. The van der Waals surface area contributed by atoms with Gasteiger partial charge in [-0.05, 0) is 67.7 Å². The van der Waals surface area contributed by atoms with Crippen molar-refractivity contribution in [3.63, 3.8) is 0 Å². The van der Waals surface area contributed by atoms with E-state index in [2.05, 4.69) is 41.4 Å². The van der Waals surface area contributed by atoms with Gasteiger partial charge in [0.2, 0.25) is 0 Å². The van der Waals surface area contributed by atoms with Gasteiger partial charge in [-0.3, -0.25) is 4.90 Å². The number of likely N-dealkylation sites (tertiary alicyclic amines) is 1. The van der Waals surface area contributed by atoms with E-state index >= 15 is 0 Å². The molecule has 0 aliphatic carbocycles. The Balaban J connectivity index is 1.34. The van der Waals surface area contributed by atoms with Crippen molar-refractivity contribution in [1.29, 1.82) is 0 Å². The smallest absolute Gasteiger partial charge is 0.122 e. The summed E-state index contributed by atoms with van der Waals surface area (Å²) in [6, 6.07) is 18.5. The number of halogens is 1. The number of nitrogens with one attached hydrogen (secondary N) is 1. The fourth-order valence-electron chi connectivity index (χ4n) is 4.23. The molecule has 186 valence electrons. The summed E-state index contributed by atoms with van der Waals surface area (Å²) in [5.74, 6) is 1.72. The number of hydrogen-bond acceptors (Lipinski definition) is 5. The van der Waals surface area contributed by atoms with Crippen LogP contribution < -0.4 is 14.8 Å². The molecule has 2 N–H and O–H groups in total. The normalized spacial score (nSPS) is 13.5. The average molecular weight is 495 g/mol. The van der Waals surface area contributed by atoms with Gasteiger partial charge in [0.05, 0.1) is 11.6 Å². The standard InChI is InChI=1S/C29H35ClN2O3/c1-21-15-23(17-31-11-14-33)7-9-27(21)34-19-25-5-3-6-26(29(25)30)20-35-28-10-8-24(16-22(28)2)18-32-12-4-13-32/h3,5-10,15-16,31,33H,4,11-14,17-20H2,1-2H3. The van der Waals surface area contributed by atoms with Crippen LogP contribution in [-0.4, -0.2) is 36.2 Å². The zero-order chi connectivity index (χ0) is 24.6. The van der Waals surface area contributed by atoms with Gasteiger partial charge in [0.25, 0.3) is 0 Å². The van der Waals surface area contributed by atoms with E-state index in [1.54, 1.807) is 0 Å². The van der Waals surface area contributed by atoms with Crippen LogP contribution in [0.4, 0.5) is 0 Å². The SMILES string of the molecule is Cc1cc(CNCCO)ccc1OCc1cccc(COc2ccc(CN3CCC3)cc2C)c1Cl. The molecule has 6 heteroatoms. The maximum Gasteiger partial charge on any atom is 0.122 e. The van der Waals surface area contributed by atoms with Crippen molar-refractivity contribution in [1.82, 2.24) is 10.2 Å². The van der Waals surface area contributed by atoms with Crippen LogP contribution in [-0.2, 0) is 26.3 Å². The van der Waals surface area contributed by atoms with E-state index in [1.165, 1.54) is 25.1 Å². The lowest BCUT2D eigenvalue weighted by Crippen LogP contribution is -2.36. The molecule has 0 amide bonds. The van der Waals surface area contributed by atoms with Crippen molar-refractivity contribution in [3.05, 3.63) is 93.0 Å². The molecule has 1 aliphatic rings. The lowest BCUT2D eigenvalue weighted by Gasteiger charge is -2.30. The molecule has 0 bridgehead atoms. The minimum absolute atomic E-state index is 0.135. The fourth-order valence-corrected chi connectivity index (χ4v) is 4.47. The van der Waals surface area contributed by atoms with Crippen molar-refractivity contribution in [3.8, 4) is 11.5 Å². The Hall–Kier alpha value is -2.57. The summed E-state index contributed by atoms with van der Waals surface area (Å²) in [5, 5.41) is 12.8. The van der Waals surface area contributed by atoms with Gasteiger partial charge in [0.1, 0.15) is 24.7 Å². The van der Waals surface area contributed by atoms with Crippen molar-refractivity contribution in [2.24, 2.45) is 0 Å².